The van der Waals surface area contributed by atoms with Crippen molar-refractivity contribution in [3.05, 3.63) is 75.3 Å². The molecule has 4 heterocycles. The van der Waals surface area contributed by atoms with Crippen LogP contribution >= 0.6 is 93.1 Å². The molecule has 1 fully saturated rings. The number of ether oxygens (including phenoxy) is 5. The van der Waals surface area contributed by atoms with Crippen molar-refractivity contribution in [2.45, 2.75) is 29.9 Å². The molecule has 3 atom stereocenters. The van der Waals surface area contributed by atoms with Crippen molar-refractivity contribution >= 4 is 140 Å². The monoisotopic (exact) mass is 1060 g/mol. The van der Waals surface area contributed by atoms with Gasteiger partial charge in [-0.15, -0.1) is 16.9 Å². The topological polar surface area (TPSA) is 290 Å². The van der Waals surface area contributed by atoms with Gasteiger partial charge in [-0.05, 0) is 39.8 Å². The lowest BCUT2D eigenvalue weighted by atomic mass is 9.96. The summed E-state index contributed by atoms with van der Waals surface area (Å²) in [4.78, 5) is 94.6. The first-order valence-corrected chi connectivity index (χ1v) is 22.0. The summed E-state index contributed by atoms with van der Waals surface area (Å²) in [6.45, 7) is -1.59. The number of nitrogens with zero attached hydrogens (tertiary/aromatic N) is 5. The zero-order chi connectivity index (χ0) is 47.6. The van der Waals surface area contributed by atoms with Crippen LogP contribution in [0.5, 0.6) is 17.2 Å². The predicted molar refractivity (Wildman–Crippen MR) is 230 cm³/mol. The minimum absolute atomic E-state index is 0.0289. The van der Waals surface area contributed by atoms with Gasteiger partial charge < -0.3 is 48.9 Å². The Morgan fingerprint density at radius 3 is 2.17 bits per heavy atom. The van der Waals surface area contributed by atoms with Gasteiger partial charge in [0, 0.05) is 31.7 Å². The molecule has 65 heavy (non-hydrogen) atoms. The third-order valence-electron chi connectivity index (χ3n) is 8.84. The number of tetrazole rings is 1. The third kappa shape index (κ3) is 11.4. The van der Waals surface area contributed by atoms with E-state index in [2.05, 4.69) is 26.2 Å². The molecular weight excluding hydrogens is 1040 g/mol. The van der Waals surface area contributed by atoms with Gasteiger partial charge in [-0.1, -0.05) is 93.5 Å². The van der Waals surface area contributed by atoms with Gasteiger partial charge in [0.2, 0.25) is 24.1 Å². The van der Waals surface area contributed by atoms with E-state index in [-0.39, 0.29) is 34.1 Å². The van der Waals surface area contributed by atoms with Gasteiger partial charge in [0.15, 0.2) is 11.5 Å². The Hall–Kier alpha value is -4.92. The van der Waals surface area contributed by atoms with E-state index in [1.165, 1.54) is 28.9 Å². The number of phenols is 1. The van der Waals surface area contributed by atoms with E-state index < -0.39 is 102 Å². The molecule has 22 nitrogen and oxygen atoms in total. The largest absolute Gasteiger partial charge is 0.514 e. The van der Waals surface area contributed by atoms with Gasteiger partial charge in [0.1, 0.15) is 53.5 Å². The highest BCUT2D eigenvalue weighted by atomic mass is 35.6. The van der Waals surface area contributed by atoms with Crippen molar-refractivity contribution in [3.8, 4) is 17.2 Å². The average molecular weight is 1060 g/mol. The van der Waals surface area contributed by atoms with Crippen LogP contribution in [0.4, 0.5) is 9.59 Å². The zero-order valence-electron chi connectivity index (χ0n) is 32.5. The molecule has 2 aromatic carbocycles. The zero-order valence-corrected chi connectivity index (χ0v) is 38.7. The van der Waals surface area contributed by atoms with Crippen molar-refractivity contribution < 1.29 is 67.1 Å². The quantitative estimate of drug-likeness (QED) is 0.0330. The first-order valence-electron chi connectivity index (χ1n) is 17.7. The predicted octanol–water partition coefficient (Wildman–Crippen LogP) is 4.77. The molecule has 4 aromatic rings. The van der Waals surface area contributed by atoms with Crippen LogP contribution in [0.3, 0.4) is 0 Å². The number of carbonyl (C=O) groups is 6. The normalized spacial score (nSPS) is 17.7. The summed E-state index contributed by atoms with van der Waals surface area (Å²) in [6.07, 6.45) is -2.29. The van der Waals surface area contributed by atoms with E-state index in [1.54, 1.807) is 7.05 Å². The Balaban J connectivity index is 1.28. The lowest BCUT2D eigenvalue weighted by Crippen LogP contribution is -2.81. The number of aliphatic carboxylic acids is 1. The smallest absolute Gasteiger partial charge is 0.508 e. The van der Waals surface area contributed by atoms with Crippen molar-refractivity contribution in [2.75, 3.05) is 31.8 Å². The molecule has 3 amide bonds. The molecule has 0 spiro atoms. The second kappa shape index (κ2) is 19.9. The summed E-state index contributed by atoms with van der Waals surface area (Å²) in [7, 11) is 2.71. The van der Waals surface area contributed by atoms with E-state index in [1.807, 2.05) is 0 Å². The van der Waals surface area contributed by atoms with E-state index in [0.717, 1.165) is 47.7 Å². The molecule has 30 heteroatoms. The third-order valence-corrected chi connectivity index (χ3v) is 12.0. The molecule has 1 saturated heterocycles. The van der Waals surface area contributed by atoms with Crippen LogP contribution in [0.2, 0.25) is 0 Å². The number of thioether (sulfide) groups is 2. The molecule has 0 aliphatic carbocycles. The lowest BCUT2D eigenvalue weighted by molar-refractivity contribution is -0.192. The number of halogens is 6. The van der Waals surface area contributed by atoms with E-state index in [4.69, 9.17) is 97.7 Å². The maximum absolute atomic E-state index is 14.3. The number of aryl methyl sites for hydroxylation is 1. The van der Waals surface area contributed by atoms with Gasteiger partial charge in [0.25, 0.3) is 17.5 Å². The van der Waals surface area contributed by atoms with Crippen LogP contribution < -0.4 is 25.5 Å². The summed E-state index contributed by atoms with van der Waals surface area (Å²) in [5.74, 6) is -6.02. The second-order valence-electron chi connectivity index (χ2n) is 13.2. The molecular formula is C35H27Cl6N7O15S2. The number of amides is 3. The maximum atomic E-state index is 14.3. The Kier molecular flexibility index (Phi) is 15.2. The number of alkyl halides is 6. The van der Waals surface area contributed by atoms with Gasteiger partial charge in [0.05, 0.1) is 5.39 Å². The fourth-order valence-corrected chi connectivity index (χ4v) is 8.71. The summed E-state index contributed by atoms with van der Waals surface area (Å²) >= 11 is 36.0. The van der Waals surface area contributed by atoms with Crippen molar-refractivity contribution in [1.29, 1.82) is 0 Å². The molecule has 346 valence electrons. The number of carboxylic acids is 1. The molecule has 2 aromatic heterocycles. The van der Waals surface area contributed by atoms with Crippen LogP contribution in [0, 0.1) is 0 Å². The lowest BCUT2D eigenvalue weighted by Gasteiger charge is -2.56. The molecule has 2 aliphatic rings. The molecule has 1 unspecified atom stereocenters. The van der Waals surface area contributed by atoms with E-state index in [9.17, 15) is 43.8 Å². The van der Waals surface area contributed by atoms with Gasteiger partial charge in [-0.2, -0.15) is 0 Å². The van der Waals surface area contributed by atoms with Crippen LogP contribution in [0.25, 0.3) is 11.0 Å². The standard InChI is InChI=1S/C35H27Cl6N7O15S2/c1-47-30(44-45-46-47)65-11-15-10-64-29-35(58-2,28(55)48(29)23(15)27(53)54)43-26(52)22(14-3-5-16(49)6-4-14)42-25(51)18-9-59-19-8-21(63-32(57)61-13-34(39,40)41)20(7-17(19)24(18)50)62-31(56)60-12-33(36,37)38/h3-9,22,29,49H,10-13H2,1-2H3,(H,42,51)(H,43,52)(H,53,54)/t22?,29-,35-/m0/s1. The summed E-state index contributed by atoms with van der Waals surface area (Å²) < 4.78 is 28.0. The fraction of sp³-hybridized carbons (Fsp3) is 0.314. The number of phenolic OH excluding ortho intramolecular Hbond substituents is 1. The van der Waals surface area contributed by atoms with Crippen LogP contribution in [-0.4, -0.2) is 122 Å². The Labute approximate surface area is 401 Å². The number of hydrogen-bond donors (Lipinski definition) is 4. The van der Waals surface area contributed by atoms with Crippen LogP contribution in [0.1, 0.15) is 22.0 Å². The maximum Gasteiger partial charge on any atom is 0.514 e. The first-order chi connectivity index (χ1) is 30.5. The minimum atomic E-state index is -2.15. The fourth-order valence-electron chi connectivity index (χ4n) is 5.95. The van der Waals surface area contributed by atoms with Crippen molar-refractivity contribution in [3.63, 3.8) is 0 Å². The molecule has 6 rings (SSSR count). The number of benzene rings is 2. The number of aromatic nitrogens is 4. The Morgan fingerprint density at radius 2 is 1.62 bits per heavy atom. The van der Waals surface area contributed by atoms with Crippen molar-refractivity contribution in [2.24, 2.45) is 7.05 Å². The number of methoxy groups -OCH3 is 1. The van der Waals surface area contributed by atoms with E-state index >= 15 is 0 Å². The molecule has 0 saturated carbocycles. The number of carboxylic acid groups (broad SMARTS) is 1. The number of hydrogen-bond acceptors (Lipinski definition) is 19. The summed E-state index contributed by atoms with van der Waals surface area (Å²) in [5.41, 5.74) is -4.27. The highest BCUT2D eigenvalue weighted by Gasteiger charge is 2.67. The number of β-lactam (4-membered cyclic amide) rings is 1. The SMILES string of the molecule is CO[C@@]1(NC(=O)C(NC(=O)c2coc3cc(OC(=O)OCC(Cl)(Cl)Cl)c(OC(=O)OCC(Cl)(Cl)Cl)cc3c2=O)c2ccc(O)cc2)C(=O)N2C(C(=O)O)=C(CSc3nnnn3C)CS[C@H]21. The van der Waals surface area contributed by atoms with Gasteiger partial charge in [-0.3, -0.25) is 24.1 Å². The summed E-state index contributed by atoms with van der Waals surface area (Å²) in [5, 5.41) is 35.1. The van der Waals surface area contributed by atoms with Crippen molar-refractivity contribution in [1.82, 2.24) is 35.7 Å². The Bertz CT molecular complexity index is 2660. The van der Waals surface area contributed by atoms with Crippen LogP contribution in [-0.2, 0) is 35.6 Å². The van der Waals surface area contributed by atoms with Gasteiger partial charge >= 0.3 is 18.3 Å². The molecule has 0 bridgehead atoms. The minimum Gasteiger partial charge on any atom is -0.508 e. The van der Waals surface area contributed by atoms with E-state index in [0.29, 0.717) is 17.0 Å². The number of rotatable bonds is 14. The number of carbonyl (C=O) groups excluding carboxylic acids is 5. The average Bonchev–Trinajstić information content (AvgIpc) is 3.66. The number of fused-ring (bicyclic) bond motifs is 2. The Morgan fingerprint density at radius 1 is 1.00 bits per heavy atom. The highest BCUT2D eigenvalue weighted by molar-refractivity contribution is 8.01. The second-order valence-corrected chi connectivity index (χ2v) is 20.2. The van der Waals surface area contributed by atoms with Crippen LogP contribution in [0.15, 0.2) is 68.3 Å². The van der Waals surface area contributed by atoms with Gasteiger partial charge in [-0.25, -0.2) is 19.1 Å². The highest BCUT2D eigenvalue weighted by Crippen LogP contribution is 2.47. The summed E-state index contributed by atoms with van der Waals surface area (Å²) in [6, 6.07) is 4.90. The molecule has 2 aliphatic heterocycles. The first kappa shape index (κ1) is 49.5. The number of nitrogens with one attached hydrogen (secondary N) is 2. The number of aromatic hydroxyl groups is 1. The molecule has 4 N–H and O–H groups in total. The molecule has 0 radical (unpaired) electrons.